The van der Waals surface area contributed by atoms with Crippen molar-refractivity contribution in [2.24, 2.45) is 0 Å². The van der Waals surface area contributed by atoms with E-state index in [1.807, 2.05) is 27.7 Å². The van der Waals surface area contributed by atoms with Crippen molar-refractivity contribution in [3.8, 4) is 0 Å². The second-order valence-electron chi connectivity index (χ2n) is 7.91. The van der Waals surface area contributed by atoms with E-state index in [2.05, 4.69) is 0 Å². The lowest BCUT2D eigenvalue weighted by molar-refractivity contribution is -0.138. The molecule has 1 aliphatic heterocycles. The molecule has 0 saturated carbocycles. The first kappa shape index (κ1) is 23.3. The van der Waals surface area contributed by atoms with Crippen molar-refractivity contribution in [2.75, 3.05) is 19.7 Å². The Hall–Kier alpha value is -1.93. The third kappa shape index (κ3) is 6.02. The van der Waals surface area contributed by atoms with Gasteiger partial charge in [0.05, 0.1) is 10.5 Å². The summed E-state index contributed by atoms with van der Waals surface area (Å²) in [5, 5.41) is 0. The number of benzene rings is 1. The van der Waals surface area contributed by atoms with E-state index in [-0.39, 0.29) is 35.1 Å². The van der Waals surface area contributed by atoms with Crippen molar-refractivity contribution in [3.05, 3.63) is 29.8 Å². The van der Waals surface area contributed by atoms with Gasteiger partial charge in [-0.2, -0.15) is 4.31 Å². The molecule has 7 nitrogen and oxygen atoms in total. The van der Waals surface area contributed by atoms with Crippen molar-refractivity contribution in [1.82, 2.24) is 9.21 Å². The van der Waals surface area contributed by atoms with E-state index >= 15 is 0 Å². The maximum atomic E-state index is 12.9. The summed E-state index contributed by atoms with van der Waals surface area (Å²) in [5.41, 5.74) is 0.120. The largest absolute Gasteiger partial charge is 0.452 e. The lowest BCUT2D eigenvalue weighted by Gasteiger charge is -2.30. The maximum Gasteiger partial charge on any atom is 0.338 e. The van der Waals surface area contributed by atoms with Crippen LogP contribution in [0.5, 0.6) is 0 Å². The van der Waals surface area contributed by atoms with Gasteiger partial charge >= 0.3 is 5.97 Å². The van der Waals surface area contributed by atoms with Gasteiger partial charge < -0.3 is 9.64 Å². The smallest absolute Gasteiger partial charge is 0.338 e. The van der Waals surface area contributed by atoms with Crippen molar-refractivity contribution in [1.29, 1.82) is 0 Å². The van der Waals surface area contributed by atoms with Gasteiger partial charge in [0, 0.05) is 25.2 Å². The van der Waals surface area contributed by atoms with Gasteiger partial charge in [-0.25, -0.2) is 13.2 Å². The molecular formula is C21H32N2O5S. The highest BCUT2D eigenvalue weighted by Gasteiger charge is 2.26. The predicted octanol–water partition coefficient (Wildman–Crippen LogP) is 3.05. The minimum atomic E-state index is -3.66. The van der Waals surface area contributed by atoms with Gasteiger partial charge in [0.2, 0.25) is 10.0 Å². The van der Waals surface area contributed by atoms with Gasteiger partial charge in [0.25, 0.3) is 5.91 Å². The first-order valence-corrected chi connectivity index (χ1v) is 11.7. The Morgan fingerprint density at radius 1 is 1.03 bits per heavy atom. The molecule has 29 heavy (non-hydrogen) atoms. The van der Waals surface area contributed by atoms with Crippen molar-refractivity contribution in [3.63, 3.8) is 0 Å². The minimum Gasteiger partial charge on any atom is -0.452 e. The third-order valence-electron chi connectivity index (χ3n) is 5.00. The third-order valence-corrected chi connectivity index (χ3v) is 6.89. The zero-order valence-electron chi connectivity index (χ0n) is 17.8. The molecule has 0 unspecified atom stereocenters. The number of carbonyl (C=O) groups excluding carboxylic acids is 2. The van der Waals surface area contributed by atoms with Crippen LogP contribution in [0.2, 0.25) is 0 Å². The molecule has 1 saturated heterocycles. The molecule has 8 heteroatoms. The molecule has 1 heterocycles. The summed E-state index contributed by atoms with van der Waals surface area (Å²) in [7, 11) is -3.66. The average molecular weight is 425 g/mol. The van der Waals surface area contributed by atoms with Crippen molar-refractivity contribution >= 4 is 21.9 Å². The molecule has 0 aromatic heterocycles. The van der Waals surface area contributed by atoms with Gasteiger partial charge in [-0.05, 0) is 58.7 Å². The zero-order valence-corrected chi connectivity index (χ0v) is 18.6. The number of sulfonamides is 1. The van der Waals surface area contributed by atoms with E-state index in [0.29, 0.717) is 13.1 Å². The molecule has 0 aliphatic carbocycles. The summed E-state index contributed by atoms with van der Waals surface area (Å²) in [6.07, 6.45) is 3.73. The Kier molecular flexibility index (Phi) is 8.22. The van der Waals surface area contributed by atoms with E-state index < -0.39 is 16.0 Å². The molecule has 1 aromatic carbocycles. The molecule has 0 N–H and O–H groups in total. The monoisotopic (exact) mass is 424 g/mol. The fraction of sp³-hybridized carbons (Fsp3) is 0.619. The van der Waals surface area contributed by atoms with E-state index in [0.717, 1.165) is 25.7 Å². The summed E-state index contributed by atoms with van der Waals surface area (Å²) in [4.78, 5) is 26.5. The molecule has 1 amide bonds. The van der Waals surface area contributed by atoms with Crippen LogP contribution in [0.1, 0.15) is 63.7 Å². The van der Waals surface area contributed by atoms with Crippen LogP contribution in [-0.2, 0) is 19.6 Å². The molecule has 0 atom stereocenters. The Bertz CT molecular complexity index is 804. The standard InChI is InChI=1S/C21H32N2O5S/c1-16(2)23(17(3)4)20(24)15-28-21(25)18-10-9-11-19(14-18)29(26,27)22-12-7-5-6-8-13-22/h9-11,14,16-17H,5-8,12-13,15H2,1-4H3. The van der Waals surface area contributed by atoms with Gasteiger partial charge in [-0.3, -0.25) is 4.79 Å². The number of amides is 1. The number of rotatable bonds is 7. The lowest BCUT2D eigenvalue weighted by atomic mass is 10.2. The van der Waals surface area contributed by atoms with Gasteiger partial charge in [-0.15, -0.1) is 0 Å². The first-order chi connectivity index (χ1) is 13.6. The van der Waals surface area contributed by atoms with E-state index in [1.54, 1.807) is 4.90 Å². The molecule has 2 rings (SSSR count). The van der Waals surface area contributed by atoms with Crippen molar-refractivity contribution in [2.45, 2.75) is 70.4 Å². The van der Waals surface area contributed by atoms with Crippen LogP contribution in [0.25, 0.3) is 0 Å². The highest BCUT2D eigenvalue weighted by Crippen LogP contribution is 2.21. The van der Waals surface area contributed by atoms with E-state index in [9.17, 15) is 18.0 Å². The van der Waals surface area contributed by atoms with Crippen LogP contribution in [0.15, 0.2) is 29.2 Å². The highest BCUT2D eigenvalue weighted by atomic mass is 32.2. The summed E-state index contributed by atoms with van der Waals surface area (Å²) >= 11 is 0. The Morgan fingerprint density at radius 2 is 1.62 bits per heavy atom. The minimum absolute atomic E-state index is 0.0108. The normalized spacial score (nSPS) is 15.9. The molecule has 1 aromatic rings. The zero-order chi connectivity index (χ0) is 21.6. The SMILES string of the molecule is CC(C)N(C(=O)COC(=O)c1cccc(S(=O)(=O)N2CCCCCC2)c1)C(C)C. The molecule has 0 radical (unpaired) electrons. The topological polar surface area (TPSA) is 84.0 Å². The second-order valence-corrected chi connectivity index (χ2v) is 9.85. The number of hydrogen-bond acceptors (Lipinski definition) is 5. The van der Waals surface area contributed by atoms with E-state index in [4.69, 9.17) is 4.74 Å². The molecule has 0 bridgehead atoms. The van der Waals surface area contributed by atoms with Crippen LogP contribution >= 0.6 is 0 Å². The number of esters is 1. The first-order valence-electron chi connectivity index (χ1n) is 10.2. The molecule has 0 spiro atoms. The summed E-state index contributed by atoms with van der Waals surface area (Å²) < 4.78 is 32.5. The predicted molar refractivity (Wildman–Crippen MR) is 111 cm³/mol. The van der Waals surface area contributed by atoms with Crippen LogP contribution in [0.4, 0.5) is 0 Å². The van der Waals surface area contributed by atoms with Gasteiger partial charge in [-0.1, -0.05) is 18.9 Å². The maximum absolute atomic E-state index is 12.9. The fourth-order valence-corrected chi connectivity index (χ4v) is 5.24. The van der Waals surface area contributed by atoms with Gasteiger partial charge in [0.1, 0.15) is 0 Å². The molecule has 1 fully saturated rings. The Balaban J connectivity index is 2.10. The number of nitrogens with zero attached hydrogens (tertiary/aromatic N) is 2. The number of carbonyl (C=O) groups is 2. The van der Waals surface area contributed by atoms with Crippen molar-refractivity contribution < 1.29 is 22.7 Å². The Labute approximate surface area is 174 Å². The number of hydrogen-bond donors (Lipinski definition) is 0. The van der Waals surface area contributed by atoms with Crippen LogP contribution in [-0.4, -0.2) is 61.3 Å². The average Bonchev–Trinajstić information content (AvgIpc) is 2.95. The van der Waals surface area contributed by atoms with E-state index in [1.165, 1.54) is 28.6 Å². The molecule has 162 valence electrons. The quantitative estimate of drug-likeness (QED) is 0.628. The summed E-state index contributed by atoms with van der Waals surface area (Å²) in [6, 6.07) is 5.82. The highest BCUT2D eigenvalue weighted by molar-refractivity contribution is 7.89. The van der Waals surface area contributed by atoms with Crippen LogP contribution in [0.3, 0.4) is 0 Å². The molecular weight excluding hydrogens is 392 g/mol. The summed E-state index contributed by atoms with van der Waals surface area (Å²) in [5.74, 6) is -0.990. The van der Waals surface area contributed by atoms with Crippen LogP contribution < -0.4 is 0 Å². The second kappa shape index (κ2) is 10.2. The van der Waals surface area contributed by atoms with Gasteiger partial charge in [0.15, 0.2) is 6.61 Å². The Morgan fingerprint density at radius 3 is 2.17 bits per heavy atom. The molecule has 1 aliphatic rings. The fourth-order valence-electron chi connectivity index (χ4n) is 3.67. The number of ether oxygens (including phenoxy) is 1. The van der Waals surface area contributed by atoms with Crippen LogP contribution in [0, 0.1) is 0 Å². The lowest BCUT2D eigenvalue weighted by Crippen LogP contribution is -2.44. The summed E-state index contributed by atoms with van der Waals surface area (Å²) in [6.45, 7) is 8.21.